The third-order valence-electron chi connectivity index (χ3n) is 8.19. The Balaban J connectivity index is 0.000000482. The fourth-order valence-electron chi connectivity index (χ4n) is 5.64. The number of rotatable bonds is 14. The molecular formula is C34H42F6N4O6. The van der Waals surface area contributed by atoms with Gasteiger partial charge in [-0.1, -0.05) is 62.1 Å². The third kappa shape index (κ3) is 12.9. The smallest absolute Gasteiger partial charge is 0.458 e. The predicted octanol–water partition coefficient (Wildman–Crippen LogP) is 4.88. The van der Waals surface area contributed by atoms with Crippen molar-refractivity contribution in [3.8, 4) is 11.5 Å². The van der Waals surface area contributed by atoms with Crippen LogP contribution < -0.4 is 20.7 Å². The minimum Gasteiger partial charge on any atom is -0.506 e. The van der Waals surface area contributed by atoms with Crippen LogP contribution in [0.3, 0.4) is 0 Å². The first-order valence-corrected chi connectivity index (χ1v) is 16.4. The van der Waals surface area contributed by atoms with Gasteiger partial charge >= 0.3 is 23.9 Å². The highest BCUT2D eigenvalue weighted by Gasteiger charge is 2.54. The molecule has 2 aliphatic rings. The van der Waals surface area contributed by atoms with Crippen molar-refractivity contribution in [2.24, 2.45) is 0 Å². The van der Waals surface area contributed by atoms with E-state index in [1.54, 1.807) is 6.07 Å². The SMILES string of the molecule is O=C(C(=O)C(F)(F)F)C(F)(F)F.O=C1COc2c(CCNCCN(C(=O)CCNCCc3ccccc3)C3CCCCCC3)ccc(O)c2N1. The monoisotopic (exact) mass is 716 g/mol. The van der Waals surface area contributed by atoms with E-state index in [4.69, 9.17) is 4.74 Å². The number of nitrogens with one attached hydrogen (secondary N) is 3. The number of hydrogen-bond acceptors (Lipinski definition) is 8. The number of anilines is 1. The van der Waals surface area contributed by atoms with E-state index >= 15 is 0 Å². The highest BCUT2D eigenvalue weighted by molar-refractivity contribution is 6.41. The molecule has 0 atom stereocenters. The van der Waals surface area contributed by atoms with Crippen molar-refractivity contribution in [1.29, 1.82) is 0 Å². The van der Waals surface area contributed by atoms with Crippen LogP contribution in [0.25, 0.3) is 0 Å². The lowest BCUT2D eigenvalue weighted by atomic mass is 10.1. The molecule has 0 radical (unpaired) electrons. The van der Waals surface area contributed by atoms with Crippen molar-refractivity contribution in [2.45, 2.75) is 76.2 Å². The number of ether oxygens (including phenoxy) is 1. The fraction of sp³-hybridized carbons (Fsp3) is 0.529. The van der Waals surface area contributed by atoms with E-state index < -0.39 is 23.9 Å². The number of aromatic hydroxyl groups is 1. The molecule has 1 aliphatic carbocycles. The van der Waals surface area contributed by atoms with E-state index in [1.807, 2.05) is 12.1 Å². The van der Waals surface area contributed by atoms with Crippen LogP contribution in [0.2, 0.25) is 0 Å². The molecule has 1 aliphatic heterocycles. The average Bonchev–Trinajstić information content (AvgIpc) is 3.36. The number of hydrogen-bond donors (Lipinski definition) is 4. The quantitative estimate of drug-likeness (QED) is 0.0715. The van der Waals surface area contributed by atoms with Gasteiger partial charge in [-0.25, -0.2) is 0 Å². The summed E-state index contributed by atoms with van der Waals surface area (Å²) in [5.41, 5.74) is 2.59. The van der Waals surface area contributed by atoms with Crippen molar-refractivity contribution in [2.75, 3.05) is 44.6 Å². The summed E-state index contributed by atoms with van der Waals surface area (Å²) in [4.78, 5) is 46.3. The van der Waals surface area contributed by atoms with Crippen LogP contribution in [-0.4, -0.2) is 91.1 Å². The molecule has 1 fully saturated rings. The normalized spacial score (nSPS) is 15.0. The Labute approximate surface area is 285 Å². The molecule has 4 N–H and O–H groups in total. The Morgan fingerprint density at radius 3 is 2.04 bits per heavy atom. The van der Waals surface area contributed by atoms with E-state index in [0.29, 0.717) is 50.0 Å². The minimum atomic E-state index is -5.77. The molecule has 4 rings (SSSR count). The molecule has 2 aromatic carbocycles. The maximum absolute atomic E-state index is 13.3. The van der Waals surface area contributed by atoms with E-state index in [9.17, 15) is 50.6 Å². The van der Waals surface area contributed by atoms with Crippen LogP contribution in [0.15, 0.2) is 42.5 Å². The third-order valence-corrected chi connectivity index (χ3v) is 8.19. The summed E-state index contributed by atoms with van der Waals surface area (Å²) in [6, 6.07) is 14.2. The Hall–Kier alpha value is -4.18. The van der Waals surface area contributed by atoms with Crippen molar-refractivity contribution < 1.29 is 55.4 Å². The number of nitrogens with zero attached hydrogens (tertiary/aromatic N) is 1. The zero-order chi connectivity index (χ0) is 36.7. The van der Waals surface area contributed by atoms with E-state index in [1.165, 1.54) is 31.2 Å². The number of benzene rings is 2. The molecule has 2 amide bonds. The van der Waals surface area contributed by atoms with Crippen molar-refractivity contribution in [1.82, 2.24) is 15.5 Å². The van der Waals surface area contributed by atoms with Gasteiger partial charge in [-0.3, -0.25) is 19.2 Å². The molecule has 0 saturated heterocycles. The summed E-state index contributed by atoms with van der Waals surface area (Å²) in [5, 5.41) is 19.7. The number of carbonyl (C=O) groups excluding carboxylic acids is 4. The molecule has 0 unspecified atom stereocenters. The lowest BCUT2D eigenvalue weighted by Gasteiger charge is -2.32. The summed E-state index contributed by atoms with van der Waals surface area (Å²) < 4.78 is 72.5. The number of halogens is 6. The summed E-state index contributed by atoms with van der Waals surface area (Å²) in [5.74, 6) is -6.29. The number of Topliss-reactive ketones (excluding diaryl/α,β-unsaturated/α-hetero) is 2. The Bertz CT molecular complexity index is 1410. The second-order valence-electron chi connectivity index (χ2n) is 11.9. The second kappa shape index (κ2) is 19.3. The standard InChI is InChI=1S/C30H42N4O4.C4F6O2/c35-26-13-12-24(30-29(26)33-27(36)22-38-30)15-18-32-20-21-34(25-10-6-1-2-7-11-25)28(37)16-19-31-17-14-23-8-4-3-5-9-23;5-3(6,7)1(11)2(12)4(8,9)10/h3-5,8-9,12-13,25,31-32,35H,1-2,6-7,10-11,14-22H2,(H,33,36);. The topological polar surface area (TPSA) is 137 Å². The number of fused-ring (bicyclic) bond motifs is 1. The van der Waals surface area contributed by atoms with Gasteiger partial charge in [0.25, 0.3) is 5.91 Å². The molecule has 0 bridgehead atoms. The number of amides is 2. The molecule has 10 nitrogen and oxygen atoms in total. The lowest BCUT2D eigenvalue weighted by Crippen LogP contribution is -2.45. The van der Waals surface area contributed by atoms with Crippen molar-refractivity contribution in [3.05, 3.63) is 53.6 Å². The molecule has 276 valence electrons. The van der Waals surface area contributed by atoms with Gasteiger partial charge in [0, 0.05) is 32.1 Å². The predicted molar refractivity (Wildman–Crippen MR) is 172 cm³/mol. The van der Waals surface area contributed by atoms with E-state index in [2.05, 4.69) is 45.1 Å². The van der Waals surface area contributed by atoms with Crippen molar-refractivity contribution in [3.63, 3.8) is 0 Å². The fourth-order valence-corrected chi connectivity index (χ4v) is 5.64. The highest BCUT2D eigenvalue weighted by atomic mass is 19.4. The molecular weight excluding hydrogens is 674 g/mol. The van der Waals surface area contributed by atoms with Gasteiger partial charge in [-0.2, -0.15) is 26.3 Å². The maximum atomic E-state index is 13.3. The minimum absolute atomic E-state index is 0.0110. The molecule has 1 heterocycles. The van der Waals surface area contributed by atoms with Gasteiger partial charge in [0.05, 0.1) is 0 Å². The highest BCUT2D eigenvalue weighted by Crippen LogP contribution is 2.39. The zero-order valence-electron chi connectivity index (χ0n) is 27.4. The summed E-state index contributed by atoms with van der Waals surface area (Å²) >= 11 is 0. The van der Waals surface area contributed by atoms with Gasteiger partial charge in [0.2, 0.25) is 5.91 Å². The summed E-state index contributed by atoms with van der Waals surface area (Å²) in [6.07, 6.45) is -2.26. The Morgan fingerprint density at radius 1 is 0.820 bits per heavy atom. The second-order valence-corrected chi connectivity index (χ2v) is 11.9. The largest absolute Gasteiger partial charge is 0.506 e. The average molecular weight is 717 g/mol. The van der Waals surface area contributed by atoms with Crippen LogP contribution in [0.5, 0.6) is 11.5 Å². The van der Waals surface area contributed by atoms with Gasteiger partial charge in [0.15, 0.2) is 12.4 Å². The number of phenolic OH excluding ortho intramolecular Hbond substituents is 1. The van der Waals surface area contributed by atoms with Crippen molar-refractivity contribution >= 4 is 29.1 Å². The van der Waals surface area contributed by atoms with Gasteiger partial charge in [-0.05, 0) is 56.0 Å². The molecule has 0 aromatic heterocycles. The van der Waals surface area contributed by atoms with E-state index in [0.717, 1.165) is 37.9 Å². The molecule has 0 spiro atoms. The van der Waals surface area contributed by atoms with Crippen LogP contribution >= 0.6 is 0 Å². The Morgan fingerprint density at radius 2 is 1.42 bits per heavy atom. The molecule has 50 heavy (non-hydrogen) atoms. The first-order chi connectivity index (χ1) is 23.7. The number of alkyl halides is 6. The lowest BCUT2D eigenvalue weighted by molar-refractivity contribution is -0.193. The van der Waals surface area contributed by atoms with Crippen LogP contribution in [0.4, 0.5) is 32.0 Å². The van der Waals surface area contributed by atoms with Crippen LogP contribution in [0.1, 0.15) is 56.1 Å². The van der Waals surface area contributed by atoms with Crippen LogP contribution in [-0.2, 0) is 32.0 Å². The molecule has 16 heteroatoms. The van der Waals surface area contributed by atoms with Gasteiger partial charge in [0.1, 0.15) is 11.4 Å². The number of carbonyl (C=O) groups is 4. The molecule has 2 aromatic rings. The first kappa shape index (κ1) is 40.3. The summed E-state index contributed by atoms with van der Waals surface area (Å²) in [7, 11) is 0. The summed E-state index contributed by atoms with van der Waals surface area (Å²) in [6.45, 7) is 3.66. The van der Waals surface area contributed by atoms with Gasteiger partial charge < -0.3 is 30.7 Å². The first-order valence-electron chi connectivity index (χ1n) is 16.4. The zero-order valence-corrected chi connectivity index (χ0v) is 27.4. The Kier molecular flexibility index (Phi) is 15.5. The molecule has 1 saturated carbocycles. The number of ketones is 2. The maximum Gasteiger partial charge on any atom is 0.458 e. The van der Waals surface area contributed by atoms with E-state index in [-0.39, 0.29) is 24.2 Å². The van der Waals surface area contributed by atoms with Crippen LogP contribution in [0, 0.1) is 0 Å². The number of phenols is 1. The van der Waals surface area contributed by atoms with Gasteiger partial charge in [-0.15, -0.1) is 0 Å².